The number of aromatic nitrogens is 4. The maximum atomic E-state index is 12.1. The van der Waals surface area contributed by atoms with Crippen LogP contribution in [-0.4, -0.2) is 46.5 Å². The number of carbonyl (C=O) groups excluding carboxylic acids is 1. The third-order valence-corrected chi connectivity index (χ3v) is 4.68. The highest BCUT2D eigenvalue weighted by molar-refractivity contribution is 5.78. The molecule has 0 unspecified atom stereocenters. The smallest absolute Gasteiger partial charge is 0.246 e. The van der Waals surface area contributed by atoms with Crippen molar-refractivity contribution in [3.63, 3.8) is 0 Å². The maximum absolute atomic E-state index is 12.1. The molecule has 150 valence electrons. The number of aryl methyl sites for hydroxylation is 1. The molecule has 0 radical (unpaired) electrons. The van der Waals surface area contributed by atoms with Gasteiger partial charge in [0, 0.05) is 12.4 Å². The van der Waals surface area contributed by atoms with E-state index < -0.39 is 12.1 Å². The predicted octanol–water partition coefficient (Wildman–Crippen LogP) is 1.92. The number of morpholine rings is 1. The molecule has 1 aliphatic heterocycles. The van der Waals surface area contributed by atoms with Crippen molar-refractivity contribution in [1.29, 1.82) is 0 Å². The highest BCUT2D eigenvalue weighted by Crippen LogP contribution is 2.38. The van der Waals surface area contributed by atoms with E-state index in [1.807, 2.05) is 31.2 Å². The lowest BCUT2D eigenvalue weighted by atomic mass is 9.98. The second-order valence-corrected chi connectivity index (χ2v) is 6.53. The Morgan fingerprint density at radius 1 is 1.14 bits per heavy atom. The lowest BCUT2D eigenvalue weighted by Crippen LogP contribution is -2.42. The van der Waals surface area contributed by atoms with Crippen LogP contribution in [0.15, 0.2) is 42.7 Å². The van der Waals surface area contributed by atoms with Gasteiger partial charge in [-0.05, 0) is 36.8 Å². The van der Waals surface area contributed by atoms with Crippen molar-refractivity contribution >= 4 is 5.91 Å². The van der Waals surface area contributed by atoms with Crippen molar-refractivity contribution in [1.82, 2.24) is 25.1 Å². The number of nitrogens with one attached hydrogen (secondary N) is 1. The molecule has 0 spiro atoms. The molecule has 1 N–H and O–H groups in total. The molecule has 4 rings (SSSR count). The molecule has 9 heteroatoms. The highest BCUT2D eigenvalue weighted by Gasteiger charge is 2.36. The molecule has 1 amide bonds. The normalized spacial score (nSPS) is 18.9. The molecule has 1 saturated heterocycles. The summed E-state index contributed by atoms with van der Waals surface area (Å²) in [6.07, 6.45) is 2.83. The van der Waals surface area contributed by atoms with Gasteiger partial charge in [0.1, 0.15) is 18.5 Å². The van der Waals surface area contributed by atoms with Crippen LogP contribution in [0.25, 0.3) is 5.69 Å². The van der Waals surface area contributed by atoms with Crippen LogP contribution >= 0.6 is 0 Å². The Morgan fingerprint density at radius 2 is 1.90 bits per heavy atom. The van der Waals surface area contributed by atoms with Gasteiger partial charge >= 0.3 is 0 Å². The fraction of sp³-hybridized carbons (Fsp3) is 0.300. The van der Waals surface area contributed by atoms with E-state index in [2.05, 4.69) is 20.4 Å². The van der Waals surface area contributed by atoms with Crippen LogP contribution in [0, 0.1) is 6.92 Å². The van der Waals surface area contributed by atoms with Crippen molar-refractivity contribution in [3.05, 3.63) is 59.9 Å². The standard InChI is InChI=1S/C20H21N5O4/c1-12-22-20(25(24-12)14-6-8-21-9-7-14)19-18(23-17(26)11-29-19)13-4-5-15(27-2)16(10-13)28-3/h4-10,18-19H,11H2,1-3H3,(H,23,26)/t18-,19+/m1/s1. The first kappa shape index (κ1) is 18.9. The van der Waals surface area contributed by atoms with E-state index in [-0.39, 0.29) is 12.5 Å². The Morgan fingerprint density at radius 3 is 2.62 bits per heavy atom. The topological polar surface area (TPSA) is 100 Å². The van der Waals surface area contributed by atoms with E-state index in [4.69, 9.17) is 14.2 Å². The van der Waals surface area contributed by atoms with Gasteiger partial charge in [0.2, 0.25) is 5.91 Å². The quantitative estimate of drug-likeness (QED) is 0.704. The predicted molar refractivity (Wildman–Crippen MR) is 103 cm³/mol. The van der Waals surface area contributed by atoms with E-state index in [1.165, 1.54) is 0 Å². The van der Waals surface area contributed by atoms with Gasteiger partial charge in [-0.3, -0.25) is 9.78 Å². The molecule has 0 saturated carbocycles. The van der Waals surface area contributed by atoms with Crippen LogP contribution in [0.3, 0.4) is 0 Å². The average Bonchev–Trinajstić information content (AvgIpc) is 3.15. The molecule has 1 fully saturated rings. The summed E-state index contributed by atoms with van der Waals surface area (Å²) in [6, 6.07) is 8.69. The number of carbonyl (C=O) groups is 1. The van der Waals surface area contributed by atoms with Gasteiger partial charge in [0.05, 0.1) is 25.9 Å². The number of pyridine rings is 1. The van der Waals surface area contributed by atoms with Crippen LogP contribution in [0.4, 0.5) is 0 Å². The number of hydrogen-bond acceptors (Lipinski definition) is 7. The fourth-order valence-corrected chi connectivity index (χ4v) is 3.37. The molecule has 0 bridgehead atoms. The summed E-state index contributed by atoms with van der Waals surface area (Å²) in [5, 5.41) is 7.51. The Hall–Kier alpha value is -3.46. The monoisotopic (exact) mass is 395 g/mol. The van der Waals surface area contributed by atoms with Crippen molar-refractivity contribution < 1.29 is 19.0 Å². The minimum absolute atomic E-state index is 0.0588. The zero-order valence-corrected chi connectivity index (χ0v) is 16.3. The Balaban J connectivity index is 1.78. The van der Waals surface area contributed by atoms with E-state index in [0.717, 1.165) is 11.3 Å². The number of nitrogens with zero attached hydrogens (tertiary/aromatic N) is 4. The Bertz CT molecular complexity index is 1020. The average molecular weight is 395 g/mol. The molecule has 2 aromatic heterocycles. The molecular formula is C20H21N5O4. The van der Waals surface area contributed by atoms with Gasteiger partial charge in [-0.1, -0.05) is 6.07 Å². The minimum Gasteiger partial charge on any atom is -0.493 e. The number of benzene rings is 1. The third-order valence-electron chi connectivity index (χ3n) is 4.68. The first-order chi connectivity index (χ1) is 14.1. The molecule has 3 aromatic rings. The first-order valence-electron chi connectivity index (χ1n) is 9.07. The Labute approximate surface area is 167 Å². The largest absolute Gasteiger partial charge is 0.493 e. The number of ether oxygens (including phenoxy) is 3. The lowest BCUT2D eigenvalue weighted by molar-refractivity contribution is -0.138. The van der Waals surface area contributed by atoms with Crippen LogP contribution in [0.1, 0.15) is 29.4 Å². The molecule has 3 heterocycles. The summed E-state index contributed by atoms with van der Waals surface area (Å²) in [4.78, 5) is 20.8. The van der Waals surface area contributed by atoms with Crippen LogP contribution in [0.5, 0.6) is 11.5 Å². The van der Waals surface area contributed by atoms with Crippen LogP contribution in [0.2, 0.25) is 0 Å². The number of amides is 1. The van der Waals surface area contributed by atoms with E-state index in [0.29, 0.717) is 23.1 Å². The third kappa shape index (κ3) is 3.64. The molecule has 1 aromatic carbocycles. The summed E-state index contributed by atoms with van der Waals surface area (Å²) >= 11 is 0. The fourth-order valence-electron chi connectivity index (χ4n) is 3.37. The lowest BCUT2D eigenvalue weighted by Gasteiger charge is -2.32. The van der Waals surface area contributed by atoms with E-state index >= 15 is 0 Å². The molecule has 9 nitrogen and oxygen atoms in total. The zero-order chi connectivity index (χ0) is 20.4. The van der Waals surface area contributed by atoms with Gasteiger partial charge in [0.15, 0.2) is 17.3 Å². The molecule has 29 heavy (non-hydrogen) atoms. The zero-order valence-electron chi connectivity index (χ0n) is 16.3. The van der Waals surface area contributed by atoms with Gasteiger partial charge in [-0.2, -0.15) is 5.10 Å². The van der Waals surface area contributed by atoms with Crippen molar-refractivity contribution in [2.45, 2.75) is 19.1 Å². The number of methoxy groups -OCH3 is 2. The van der Waals surface area contributed by atoms with Crippen molar-refractivity contribution in [2.75, 3.05) is 20.8 Å². The van der Waals surface area contributed by atoms with Gasteiger partial charge in [-0.25, -0.2) is 9.67 Å². The number of rotatable bonds is 5. The summed E-state index contributed by atoms with van der Waals surface area (Å²) in [5.74, 6) is 2.16. The van der Waals surface area contributed by atoms with E-state index in [1.54, 1.807) is 37.4 Å². The first-order valence-corrected chi connectivity index (χ1v) is 9.07. The number of hydrogen-bond donors (Lipinski definition) is 1. The van der Waals surface area contributed by atoms with Crippen LogP contribution < -0.4 is 14.8 Å². The van der Waals surface area contributed by atoms with Crippen LogP contribution in [-0.2, 0) is 9.53 Å². The second kappa shape index (κ2) is 7.88. The second-order valence-electron chi connectivity index (χ2n) is 6.53. The van der Waals surface area contributed by atoms with E-state index in [9.17, 15) is 4.79 Å². The van der Waals surface area contributed by atoms with Crippen molar-refractivity contribution in [3.8, 4) is 17.2 Å². The van der Waals surface area contributed by atoms with Crippen molar-refractivity contribution in [2.24, 2.45) is 0 Å². The maximum Gasteiger partial charge on any atom is 0.246 e. The summed E-state index contributed by atoms with van der Waals surface area (Å²) in [5.41, 5.74) is 1.62. The van der Waals surface area contributed by atoms with Gasteiger partial charge in [0.25, 0.3) is 0 Å². The van der Waals surface area contributed by atoms with Gasteiger partial charge < -0.3 is 19.5 Å². The summed E-state index contributed by atoms with van der Waals surface area (Å²) in [6.45, 7) is 1.75. The molecular weight excluding hydrogens is 374 g/mol. The Kier molecular flexibility index (Phi) is 5.13. The molecule has 2 atom stereocenters. The minimum atomic E-state index is -0.542. The molecule has 1 aliphatic rings. The summed E-state index contributed by atoms with van der Waals surface area (Å²) in [7, 11) is 3.14. The highest BCUT2D eigenvalue weighted by atomic mass is 16.5. The SMILES string of the molecule is COc1ccc([C@H]2NC(=O)CO[C@@H]2c2nc(C)nn2-c2ccncc2)cc1OC. The van der Waals surface area contributed by atoms with Gasteiger partial charge in [-0.15, -0.1) is 0 Å². The molecule has 0 aliphatic carbocycles. The summed E-state index contributed by atoms with van der Waals surface area (Å²) < 4.78 is 18.4.